The average Bonchev–Trinajstić information content (AvgIpc) is 2.59. The highest BCUT2D eigenvalue weighted by Crippen LogP contribution is 2.32. The molecule has 1 aliphatic rings. The predicted molar refractivity (Wildman–Crippen MR) is 88.6 cm³/mol. The van der Waals surface area contributed by atoms with Gasteiger partial charge in [0.2, 0.25) is 0 Å². The van der Waals surface area contributed by atoms with Crippen LogP contribution in [-0.4, -0.2) is 26.3 Å². The second kappa shape index (κ2) is 7.18. The fourth-order valence-electron chi connectivity index (χ4n) is 2.64. The van der Waals surface area contributed by atoms with E-state index >= 15 is 0 Å². The van der Waals surface area contributed by atoms with Gasteiger partial charge in [-0.1, -0.05) is 24.3 Å². The first-order valence-electron chi connectivity index (χ1n) is 7.75. The van der Waals surface area contributed by atoms with Crippen molar-refractivity contribution in [3.05, 3.63) is 54.1 Å². The molecule has 22 heavy (non-hydrogen) atoms. The van der Waals surface area contributed by atoms with Gasteiger partial charge in [-0.3, -0.25) is 0 Å². The van der Waals surface area contributed by atoms with Gasteiger partial charge in [-0.05, 0) is 36.2 Å². The molecule has 0 aliphatic carbocycles. The summed E-state index contributed by atoms with van der Waals surface area (Å²) in [6, 6.07) is 16.2. The normalized spacial score (nSPS) is 13.4. The molecule has 1 aliphatic heterocycles. The summed E-state index contributed by atoms with van der Waals surface area (Å²) in [5.41, 5.74) is 7.95. The second-order valence-electron chi connectivity index (χ2n) is 5.36. The molecule has 0 spiro atoms. The minimum Gasteiger partial charge on any atom is -0.494 e. The molecule has 0 saturated carbocycles. The van der Waals surface area contributed by atoms with Gasteiger partial charge in [-0.25, -0.2) is 0 Å². The smallest absolute Gasteiger partial charge is 0.143 e. The van der Waals surface area contributed by atoms with Gasteiger partial charge in [0.15, 0.2) is 0 Å². The Morgan fingerprint density at radius 2 is 2.00 bits per heavy atom. The lowest BCUT2D eigenvalue weighted by molar-refractivity contribution is 0.293. The highest BCUT2D eigenvalue weighted by Gasteiger charge is 2.17. The van der Waals surface area contributed by atoms with Crippen LogP contribution in [0.2, 0.25) is 0 Å². The van der Waals surface area contributed by atoms with Crippen molar-refractivity contribution in [2.45, 2.75) is 13.0 Å². The van der Waals surface area contributed by atoms with Crippen LogP contribution in [0.3, 0.4) is 0 Å². The molecule has 4 nitrogen and oxygen atoms in total. The van der Waals surface area contributed by atoms with E-state index in [1.807, 2.05) is 36.4 Å². The van der Waals surface area contributed by atoms with Crippen LogP contribution >= 0.6 is 0 Å². The number of para-hydroxylation sites is 1. The molecule has 0 fully saturated rings. The van der Waals surface area contributed by atoms with Crippen LogP contribution in [0, 0.1) is 0 Å². The van der Waals surface area contributed by atoms with E-state index in [-0.39, 0.29) is 0 Å². The maximum atomic E-state index is 5.75. The maximum absolute atomic E-state index is 5.75. The highest BCUT2D eigenvalue weighted by atomic mass is 16.5. The lowest BCUT2D eigenvalue weighted by Crippen LogP contribution is -2.34. The Hall–Kier alpha value is -2.20. The number of hydrogen-bond donors (Lipinski definition) is 1. The Labute approximate surface area is 131 Å². The summed E-state index contributed by atoms with van der Waals surface area (Å²) in [4.78, 5) is 2.35. The van der Waals surface area contributed by atoms with Crippen LogP contribution in [0.5, 0.6) is 11.5 Å². The molecular formula is C18H22N2O2. The van der Waals surface area contributed by atoms with Crippen molar-refractivity contribution in [2.75, 3.05) is 31.2 Å². The SMILES string of the molecule is NCc1ccc2c(c1)OCCN2CCCOc1ccccc1. The van der Waals surface area contributed by atoms with Crippen molar-refractivity contribution in [3.63, 3.8) is 0 Å². The zero-order valence-corrected chi connectivity index (χ0v) is 12.7. The Kier molecular flexibility index (Phi) is 4.81. The Balaban J connectivity index is 1.54. The Morgan fingerprint density at radius 1 is 1.14 bits per heavy atom. The van der Waals surface area contributed by atoms with Crippen LogP contribution in [0.4, 0.5) is 5.69 Å². The van der Waals surface area contributed by atoms with Gasteiger partial charge >= 0.3 is 0 Å². The first-order valence-corrected chi connectivity index (χ1v) is 7.75. The van der Waals surface area contributed by atoms with Crippen molar-refractivity contribution in [3.8, 4) is 11.5 Å². The summed E-state index contributed by atoms with van der Waals surface area (Å²) in [6.45, 7) is 3.87. The minimum absolute atomic E-state index is 0.543. The van der Waals surface area contributed by atoms with Crippen molar-refractivity contribution >= 4 is 5.69 Å². The number of benzene rings is 2. The zero-order chi connectivity index (χ0) is 15.2. The minimum atomic E-state index is 0.543. The Morgan fingerprint density at radius 3 is 2.82 bits per heavy atom. The molecule has 2 aromatic carbocycles. The van der Waals surface area contributed by atoms with Gasteiger partial charge in [-0.15, -0.1) is 0 Å². The van der Waals surface area contributed by atoms with Crippen LogP contribution in [0.1, 0.15) is 12.0 Å². The van der Waals surface area contributed by atoms with Gasteiger partial charge in [0, 0.05) is 13.1 Å². The molecule has 116 valence electrons. The topological polar surface area (TPSA) is 47.7 Å². The number of anilines is 1. The number of nitrogens with two attached hydrogens (primary N) is 1. The summed E-state index contributed by atoms with van der Waals surface area (Å²) >= 11 is 0. The molecule has 2 N–H and O–H groups in total. The van der Waals surface area contributed by atoms with E-state index in [9.17, 15) is 0 Å². The van der Waals surface area contributed by atoms with Gasteiger partial charge in [0.25, 0.3) is 0 Å². The van der Waals surface area contributed by atoms with Crippen molar-refractivity contribution < 1.29 is 9.47 Å². The van der Waals surface area contributed by atoms with E-state index in [2.05, 4.69) is 17.0 Å². The van der Waals surface area contributed by atoms with Gasteiger partial charge in [-0.2, -0.15) is 0 Å². The highest BCUT2D eigenvalue weighted by molar-refractivity contribution is 5.61. The summed E-state index contributed by atoms with van der Waals surface area (Å²) in [6.07, 6.45) is 0.979. The molecule has 2 aromatic rings. The monoisotopic (exact) mass is 298 g/mol. The molecule has 0 aromatic heterocycles. The summed E-state index contributed by atoms with van der Waals surface area (Å²) in [5.74, 6) is 1.87. The van der Waals surface area contributed by atoms with Crippen LogP contribution < -0.4 is 20.1 Å². The van der Waals surface area contributed by atoms with E-state index < -0.39 is 0 Å². The molecule has 0 saturated heterocycles. The van der Waals surface area contributed by atoms with Crippen molar-refractivity contribution in [2.24, 2.45) is 5.73 Å². The average molecular weight is 298 g/mol. The first kappa shape index (κ1) is 14.7. The van der Waals surface area contributed by atoms with Gasteiger partial charge in [0.1, 0.15) is 18.1 Å². The first-order chi connectivity index (χ1) is 10.9. The lowest BCUT2D eigenvalue weighted by atomic mass is 10.1. The molecule has 0 amide bonds. The lowest BCUT2D eigenvalue weighted by Gasteiger charge is -2.31. The molecule has 4 heteroatoms. The number of fused-ring (bicyclic) bond motifs is 1. The van der Waals surface area contributed by atoms with Crippen molar-refractivity contribution in [1.29, 1.82) is 0 Å². The van der Waals surface area contributed by atoms with Crippen LogP contribution in [-0.2, 0) is 6.54 Å². The second-order valence-corrected chi connectivity index (χ2v) is 5.36. The Bertz CT molecular complexity index is 601. The van der Waals surface area contributed by atoms with Crippen molar-refractivity contribution in [1.82, 2.24) is 0 Å². The maximum Gasteiger partial charge on any atom is 0.143 e. The number of nitrogens with zero attached hydrogens (tertiary/aromatic N) is 1. The third-order valence-electron chi connectivity index (χ3n) is 3.80. The summed E-state index contributed by atoms with van der Waals surface area (Å²) < 4.78 is 11.5. The van der Waals surface area contributed by atoms with Gasteiger partial charge in [0.05, 0.1) is 18.8 Å². The molecule has 0 bridgehead atoms. The van der Waals surface area contributed by atoms with Gasteiger partial charge < -0.3 is 20.1 Å². The fourth-order valence-corrected chi connectivity index (χ4v) is 2.64. The predicted octanol–water partition coefficient (Wildman–Crippen LogP) is 2.81. The quantitative estimate of drug-likeness (QED) is 0.833. The largest absolute Gasteiger partial charge is 0.494 e. The van der Waals surface area contributed by atoms with Crippen LogP contribution in [0.15, 0.2) is 48.5 Å². The van der Waals surface area contributed by atoms with E-state index in [1.54, 1.807) is 0 Å². The standard InChI is InChI=1S/C18H22N2O2/c19-14-15-7-8-17-18(13-15)22-12-10-20(17)9-4-11-21-16-5-2-1-3-6-16/h1-3,5-8,13H,4,9-12,14,19H2. The molecule has 0 radical (unpaired) electrons. The summed E-state index contributed by atoms with van der Waals surface area (Å²) in [7, 11) is 0. The number of hydrogen-bond acceptors (Lipinski definition) is 4. The third kappa shape index (κ3) is 3.52. The zero-order valence-electron chi connectivity index (χ0n) is 12.7. The number of rotatable bonds is 6. The third-order valence-corrected chi connectivity index (χ3v) is 3.80. The molecule has 0 unspecified atom stereocenters. The summed E-state index contributed by atoms with van der Waals surface area (Å²) in [5, 5.41) is 0. The fraction of sp³-hybridized carbons (Fsp3) is 0.333. The molecule has 1 heterocycles. The van der Waals surface area contributed by atoms with Crippen LogP contribution in [0.25, 0.3) is 0 Å². The number of ether oxygens (including phenoxy) is 2. The molecular weight excluding hydrogens is 276 g/mol. The van der Waals surface area contributed by atoms with E-state index in [4.69, 9.17) is 15.2 Å². The molecule has 0 atom stereocenters. The molecule has 3 rings (SSSR count). The van der Waals surface area contributed by atoms with E-state index in [0.29, 0.717) is 6.54 Å². The van der Waals surface area contributed by atoms with E-state index in [1.165, 1.54) is 0 Å². The van der Waals surface area contributed by atoms with E-state index in [0.717, 1.165) is 55.5 Å².